The lowest BCUT2D eigenvalue weighted by molar-refractivity contribution is -0.733. The Balaban J connectivity index is 2.39. The quantitative estimate of drug-likeness (QED) is 0.304. The van der Waals surface area contributed by atoms with Gasteiger partial charge in [0.05, 0.1) is 12.6 Å². The lowest BCUT2D eigenvalue weighted by Gasteiger charge is -2.19. The minimum atomic E-state index is -0.0740. The van der Waals surface area contributed by atoms with Crippen molar-refractivity contribution in [3.05, 3.63) is 89.8 Å². The van der Waals surface area contributed by atoms with Gasteiger partial charge in [0.15, 0.2) is 11.0 Å². The summed E-state index contributed by atoms with van der Waals surface area (Å²) in [5.74, 6) is 1.70. The fraction of sp³-hybridized carbons (Fsp3) is 0.345. The zero-order valence-corrected chi connectivity index (χ0v) is 20.5. The van der Waals surface area contributed by atoms with E-state index in [4.69, 9.17) is 0 Å². The Labute approximate surface area is 188 Å². The second kappa shape index (κ2) is 8.70. The first-order chi connectivity index (χ1) is 14.6. The summed E-state index contributed by atoms with van der Waals surface area (Å²) in [5.41, 5.74) is 8.66. The molecule has 0 saturated heterocycles. The van der Waals surface area contributed by atoms with Gasteiger partial charge in [-0.2, -0.15) is 0 Å². The Morgan fingerprint density at radius 2 is 1.68 bits per heavy atom. The molecule has 0 fully saturated rings. The first-order valence-electron chi connectivity index (χ1n) is 11.2. The Morgan fingerprint density at radius 3 is 2.23 bits per heavy atom. The van der Waals surface area contributed by atoms with Gasteiger partial charge < -0.3 is 0 Å². The van der Waals surface area contributed by atoms with Crippen LogP contribution in [0.3, 0.4) is 0 Å². The summed E-state index contributed by atoms with van der Waals surface area (Å²) in [7, 11) is 2.19. The van der Waals surface area contributed by atoms with Gasteiger partial charge in [-0.3, -0.25) is 0 Å². The molecule has 0 saturated carbocycles. The van der Waals surface area contributed by atoms with Gasteiger partial charge in [-0.05, 0) is 81.0 Å². The Bertz CT molecular complexity index is 1160. The van der Waals surface area contributed by atoms with Crippen molar-refractivity contribution in [1.29, 1.82) is 0 Å². The lowest BCUT2D eigenvalue weighted by atomic mass is 9.99. The van der Waals surface area contributed by atoms with E-state index in [0.717, 1.165) is 0 Å². The molecule has 0 amide bonds. The molecule has 0 bridgehead atoms. The standard InChI is InChI=1S/C29H37N2/c1-10-21(4)25(18-22(5)23-14-12-11-13-15-23)28-30(9)27-19-24(20(2)3)16-17-26(27)31(28)29(6,7)8/h10-20H,1H2,2-9H3/q+1/b22-18+,25-21+. The number of hydrogen-bond donors (Lipinski definition) is 0. The van der Waals surface area contributed by atoms with Crippen molar-refractivity contribution >= 4 is 22.2 Å². The first-order valence-corrected chi connectivity index (χ1v) is 11.2. The number of rotatable bonds is 5. The van der Waals surface area contributed by atoms with Gasteiger partial charge in [-0.1, -0.05) is 62.9 Å². The third-order valence-corrected chi connectivity index (χ3v) is 6.03. The molecule has 3 aromatic rings. The molecule has 0 aliphatic carbocycles. The van der Waals surface area contributed by atoms with Crippen LogP contribution >= 0.6 is 0 Å². The molecule has 2 aromatic carbocycles. The molecule has 0 aliphatic rings. The smallest absolute Gasteiger partial charge is 0.226 e. The van der Waals surface area contributed by atoms with Crippen LogP contribution in [-0.2, 0) is 12.6 Å². The van der Waals surface area contributed by atoms with Crippen LogP contribution in [-0.4, -0.2) is 4.57 Å². The number of imidazole rings is 1. The predicted molar refractivity (Wildman–Crippen MR) is 135 cm³/mol. The van der Waals surface area contributed by atoms with Crippen molar-refractivity contribution < 1.29 is 4.57 Å². The van der Waals surface area contributed by atoms with Crippen LogP contribution in [0.1, 0.15) is 71.3 Å². The molecule has 0 atom stereocenters. The summed E-state index contributed by atoms with van der Waals surface area (Å²) in [5, 5.41) is 0. The third kappa shape index (κ3) is 4.44. The number of fused-ring (bicyclic) bond motifs is 1. The average Bonchev–Trinajstić information content (AvgIpc) is 3.03. The van der Waals surface area contributed by atoms with E-state index >= 15 is 0 Å². The zero-order chi connectivity index (χ0) is 22.9. The van der Waals surface area contributed by atoms with Crippen molar-refractivity contribution in [2.75, 3.05) is 0 Å². The molecule has 0 aliphatic heterocycles. The van der Waals surface area contributed by atoms with Crippen molar-refractivity contribution in [2.45, 2.75) is 59.9 Å². The monoisotopic (exact) mass is 413 g/mol. The molecule has 1 aromatic heterocycles. The van der Waals surface area contributed by atoms with Gasteiger partial charge in [0.2, 0.25) is 0 Å². The van der Waals surface area contributed by atoms with Crippen LogP contribution in [0.25, 0.3) is 22.2 Å². The highest BCUT2D eigenvalue weighted by molar-refractivity contribution is 5.85. The molecule has 0 unspecified atom stereocenters. The van der Waals surface area contributed by atoms with Gasteiger partial charge in [-0.15, -0.1) is 0 Å². The van der Waals surface area contributed by atoms with Crippen LogP contribution in [0.2, 0.25) is 0 Å². The SMILES string of the molecule is C=C/C(C)=C(\C=C(/C)c1ccccc1)c1n(C)c2cc(C(C)C)ccc2[n+]1C(C)(C)C. The minimum absolute atomic E-state index is 0.0740. The van der Waals surface area contributed by atoms with E-state index in [1.807, 2.05) is 6.08 Å². The molecule has 1 heterocycles. The molecule has 162 valence electrons. The summed E-state index contributed by atoms with van der Waals surface area (Å²) >= 11 is 0. The van der Waals surface area contributed by atoms with Gasteiger partial charge in [0.25, 0.3) is 5.82 Å². The lowest BCUT2D eigenvalue weighted by Crippen LogP contribution is -2.52. The summed E-state index contributed by atoms with van der Waals surface area (Å²) in [6.07, 6.45) is 4.28. The van der Waals surface area contributed by atoms with Crippen molar-refractivity contribution in [3.63, 3.8) is 0 Å². The largest absolute Gasteiger partial charge is 0.290 e. The fourth-order valence-corrected chi connectivity index (χ4v) is 4.18. The zero-order valence-electron chi connectivity index (χ0n) is 20.5. The molecule has 2 heteroatoms. The van der Waals surface area contributed by atoms with E-state index in [-0.39, 0.29) is 5.54 Å². The van der Waals surface area contributed by atoms with Crippen LogP contribution in [0.15, 0.2) is 72.8 Å². The molecule has 2 nitrogen and oxygen atoms in total. The fourth-order valence-electron chi connectivity index (χ4n) is 4.18. The number of aryl methyl sites for hydroxylation is 1. The van der Waals surface area contributed by atoms with Gasteiger partial charge >= 0.3 is 0 Å². The molecule has 31 heavy (non-hydrogen) atoms. The van der Waals surface area contributed by atoms with Crippen molar-refractivity contribution in [2.24, 2.45) is 7.05 Å². The van der Waals surface area contributed by atoms with Gasteiger partial charge in [-0.25, -0.2) is 9.13 Å². The topological polar surface area (TPSA) is 8.81 Å². The highest BCUT2D eigenvalue weighted by atomic mass is 15.2. The van der Waals surface area contributed by atoms with Crippen LogP contribution < -0.4 is 4.57 Å². The summed E-state index contributed by atoms with van der Waals surface area (Å²) < 4.78 is 4.83. The second-order valence-electron chi connectivity index (χ2n) is 9.79. The number of benzene rings is 2. The predicted octanol–water partition coefficient (Wildman–Crippen LogP) is 7.41. The molecular weight excluding hydrogens is 376 g/mol. The summed E-state index contributed by atoms with van der Waals surface area (Å²) in [6.45, 7) is 19.8. The number of aromatic nitrogens is 2. The highest BCUT2D eigenvalue weighted by Gasteiger charge is 2.33. The molecule has 3 rings (SSSR count). The van der Waals surface area contributed by atoms with E-state index in [9.17, 15) is 0 Å². The Kier molecular flexibility index (Phi) is 6.40. The summed E-state index contributed by atoms with van der Waals surface area (Å²) in [4.78, 5) is 0. The van der Waals surface area contributed by atoms with Crippen molar-refractivity contribution in [1.82, 2.24) is 4.57 Å². The van der Waals surface area contributed by atoms with Crippen LogP contribution in [0, 0.1) is 0 Å². The third-order valence-electron chi connectivity index (χ3n) is 6.03. The maximum Gasteiger partial charge on any atom is 0.290 e. The van der Waals surface area contributed by atoms with Gasteiger partial charge in [0, 0.05) is 0 Å². The van der Waals surface area contributed by atoms with Gasteiger partial charge in [0.1, 0.15) is 5.54 Å². The normalized spacial score (nSPS) is 13.6. The van der Waals surface area contributed by atoms with Crippen molar-refractivity contribution in [3.8, 4) is 0 Å². The van der Waals surface area contributed by atoms with E-state index in [1.165, 1.54) is 44.7 Å². The van der Waals surface area contributed by atoms with E-state index < -0.39 is 0 Å². The number of hydrogen-bond acceptors (Lipinski definition) is 0. The van der Waals surface area contributed by atoms with Crippen LogP contribution in [0.5, 0.6) is 0 Å². The maximum absolute atomic E-state index is 4.09. The number of nitrogens with zero attached hydrogens (tertiary/aromatic N) is 2. The van der Waals surface area contributed by atoms with E-state index in [0.29, 0.717) is 5.92 Å². The summed E-state index contributed by atoms with van der Waals surface area (Å²) in [6, 6.07) is 17.5. The minimum Gasteiger partial charge on any atom is -0.226 e. The maximum atomic E-state index is 4.09. The average molecular weight is 414 g/mol. The molecule has 0 radical (unpaired) electrons. The van der Waals surface area contributed by atoms with Crippen LogP contribution in [0.4, 0.5) is 0 Å². The Morgan fingerprint density at radius 1 is 1.03 bits per heavy atom. The Hall–Kier alpha value is -2.87. The first kappa shape index (κ1) is 22.8. The highest BCUT2D eigenvalue weighted by Crippen LogP contribution is 2.30. The molecule has 0 N–H and O–H groups in total. The van der Waals surface area contributed by atoms with E-state index in [2.05, 4.69) is 126 Å². The molecule has 0 spiro atoms. The van der Waals surface area contributed by atoms with E-state index in [1.54, 1.807) is 0 Å². The molecular formula is C29H37N2+. The second-order valence-corrected chi connectivity index (χ2v) is 9.79. The number of allylic oxidation sites excluding steroid dienone is 5.